The van der Waals surface area contributed by atoms with Gasteiger partial charge in [-0.1, -0.05) is 32.1 Å². The average Bonchev–Trinajstić information content (AvgIpc) is 2.46. The van der Waals surface area contributed by atoms with Crippen molar-refractivity contribution in [3.05, 3.63) is 23.8 Å². The zero-order chi connectivity index (χ0) is 16.1. The van der Waals surface area contributed by atoms with E-state index in [1.807, 2.05) is 0 Å². The first-order chi connectivity index (χ1) is 10.5. The highest BCUT2D eigenvalue weighted by Gasteiger charge is 2.33. The van der Waals surface area contributed by atoms with E-state index in [4.69, 9.17) is 5.11 Å². The molecule has 6 atom stereocenters. The van der Waals surface area contributed by atoms with Gasteiger partial charge in [-0.25, -0.2) is 0 Å². The smallest absolute Gasteiger partial charge is 0.0586 e. The summed E-state index contributed by atoms with van der Waals surface area (Å²) in [5.74, 6) is 2.49. The van der Waals surface area contributed by atoms with Gasteiger partial charge < -0.3 is 15.3 Å². The standard InChI is InChI=1S/C19H32O3/c1-13-3-7-19-15(11-13)5-4-14(2)18(19)8-6-16(21)12-17(22)9-10-20/h4-5,11,13-14,16-22H,3,6-10,12H2,1-2H3. The van der Waals surface area contributed by atoms with E-state index in [-0.39, 0.29) is 6.61 Å². The van der Waals surface area contributed by atoms with Crippen molar-refractivity contribution in [1.82, 2.24) is 0 Å². The molecule has 0 bridgehead atoms. The minimum Gasteiger partial charge on any atom is -0.396 e. The lowest BCUT2D eigenvalue weighted by Gasteiger charge is -2.39. The Kier molecular flexibility index (Phi) is 6.66. The summed E-state index contributed by atoms with van der Waals surface area (Å²) in [5.41, 5.74) is 1.50. The van der Waals surface area contributed by atoms with Crippen LogP contribution in [-0.4, -0.2) is 34.1 Å². The molecule has 0 radical (unpaired) electrons. The summed E-state index contributed by atoms with van der Waals surface area (Å²) in [7, 11) is 0. The molecular formula is C19H32O3. The molecule has 0 saturated heterocycles. The van der Waals surface area contributed by atoms with Crippen LogP contribution in [0.1, 0.15) is 52.4 Å². The first-order valence-corrected chi connectivity index (χ1v) is 8.88. The van der Waals surface area contributed by atoms with Crippen molar-refractivity contribution in [1.29, 1.82) is 0 Å². The van der Waals surface area contributed by atoms with Crippen LogP contribution in [0.2, 0.25) is 0 Å². The highest BCUT2D eigenvalue weighted by Crippen LogP contribution is 2.43. The van der Waals surface area contributed by atoms with Gasteiger partial charge >= 0.3 is 0 Å². The molecular weight excluding hydrogens is 276 g/mol. The maximum absolute atomic E-state index is 10.1. The Hall–Kier alpha value is -0.640. The monoisotopic (exact) mass is 308 g/mol. The highest BCUT2D eigenvalue weighted by molar-refractivity contribution is 5.29. The lowest BCUT2D eigenvalue weighted by atomic mass is 9.66. The molecule has 3 heteroatoms. The maximum Gasteiger partial charge on any atom is 0.0586 e. The van der Waals surface area contributed by atoms with E-state index in [0.717, 1.165) is 12.8 Å². The molecule has 0 aromatic rings. The fourth-order valence-corrected chi connectivity index (χ4v) is 4.10. The minimum atomic E-state index is -0.588. The SMILES string of the molecule is CC1C=C2C=CC(C)C(CCC(O)CC(O)CCO)C2CC1. The Morgan fingerprint density at radius 2 is 1.86 bits per heavy atom. The van der Waals surface area contributed by atoms with Crippen LogP contribution in [-0.2, 0) is 0 Å². The van der Waals surface area contributed by atoms with Gasteiger partial charge in [0.2, 0.25) is 0 Å². The van der Waals surface area contributed by atoms with Crippen LogP contribution in [0.15, 0.2) is 23.8 Å². The van der Waals surface area contributed by atoms with Crippen LogP contribution in [0.3, 0.4) is 0 Å². The molecule has 3 nitrogen and oxygen atoms in total. The first kappa shape index (κ1) is 17.7. The number of hydrogen-bond donors (Lipinski definition) is 3. The zero-order valence-corrected chi connectivity index (χ0v) is 14.0. The summed E-state index contributed by atoms with van der Waals surface area (Å²) in [6.07, 6.45) is 11.0. The Balaban J connectivity index is 1.89. The molecule has 0 aromatic heterocycles. The molecule has 0 heterocycles. The number of fused-ring (bicyclic) bond motifs is 1. The van der Waals surface area contributed by atoms with Gasteiger partial charge in [0.1, 0.15) is 0 Å². The van der Waals surface area contributed by atoms with E-state index in [0.29, 0.717) is 36.5 Å². The van der Waals surface area contributed by atoms with Crippen molar-refractivity contribution in [2.24, 2.45) is 23.7 Å². The molecule has 3 N–H and O–H groups in total. The third kappa shape index (κ3) is 4.68. The lowest BCUT2D eigenvalue weighted by Crippen LogP contribution is -2.29. The zero-order valence-electron chi connectivity index (χ0n) is 14.0. The lowest BCUT2D eigenvalue weighted by molar-refractivity contribution is 0.0541. The van der Waals surface area contributed by atoms with Crippen LogP contribution >= 0.6 is 0 Å². The van der Waals surface area contributed by atoms with E-state index in [9.17, 15) is 10.2 Å². The molecule has 126 valence electrons. The molecule has 0 saturated carbocycles. The first-order valence-electron chi connectivity index (χ1n) is 8.88. The summed E-state index contributed by atoms with van der Waals surface area (Å²) in [5, 5.41) is 28.6. The fraction of sp³-hybridized carbons (Fsp3) is 0.789. The summed E-state index contributed by atoms with van der Waals surface area (Å²) in [6.45, 7) is 4.55. The Morgan fingerprint density at radius 3 is 2.59 bits per heavy atom. The average molecular weight is 308 g/mol. The number of aliphatic hydroxyl groups is 3. The molecule has 22 heavy (non-hydrogen) atoms. The number of rotatable bonds is 7. The second kappa shape index (κ2) is 8.28. The molecule has 2 aliphatic rings. The summed E-state index contributed by atoms with van der Waals surface area (Å²) < 4.78 is 0. The molecule has 0 spiro atoms. The van der Waals surface area contributed by atoms with Crippen molar-refractivity contribution in [2.45, 2.75) is 64.6 Å². The van der Waals surface area contributed by atoms with Gasteiger partial charge in [0.25, 0.3) is 0 Å². The van der Waals surface area contributed by atoms with Gasteiger partial charge in [0.15, 0.2) is 0 Å². The predicted molar refractivity (Wildman–Crippen MR) is 89.3 cm³/mol. The topological polar surface area (TPSA) is 60.7 Å². The number of allylic oxidation sites excluding steroid dienone is 4. The third-order valence-electron chi connectivity index (χ3n) is 5.46. The van der Waals surface area contributed by atoms with E-state index < -0.39 is 12.2 Å². The Labute approximate surface area is 134 Å². The Morgan fingerprint density at radius 1 is 1.14 bits per heavy atom. The van der Waals surface area contributed by atoms with Gasteiger partial charge in [0.05, 0.1) is 12.2 Å². The van der Waals surface area contributed by atoms with E-state index in [2.05, 4.69) is 32.1 Å². The molecule has 0 aliphatic heterocycles. The van der Waals surface area contributed by atoms with E-state index in [1.54, 1.807) is 0 Å². The summed E-state index contributed by atoms with van der Waals surface area (Å²) >= 11 is 0. The third-order valence-corrected chi connectivity index (χ3v) is 5.46. The molecule has 0 amide bonds. The molecule has 6 unspecified atom stereocenters. The fourth-order valence-electron chi connectivity index (χ4n) is 4.10. The van der Waals surface area contributed by atoms with E-state index in [1.165, 1.54) is 18.4 Å². The van der Waals surface area contributed by atoms with Gasteiger partial charge in [-0.3, -0.25) is 0 Å². The number of aliphatic hydroxyl groups excluding tert-OH is 3. The van der Waals surface area contributed by atoms with Crippen molar-refractivity contribution < 1.29 is 15.3 Å². The van der Waals surface area contributed by atoms with Crippen molar-refractivity contribution in [2.75, 3.05) is 6.61 Å². The van der Waals surface area contributed by atoms with Gasteiger partial charge in [-0.05, 0) is 67.8 Å². The van der Waals surface area contributed by atoms with Crippen molar-refractivity contribution >= 4 is 0 Å². The predicted octanol–water partition coefficient (Wildman–Crippen LogP) is 3.06. The van der Waals surface area contributed by atoms with Crippen LogP contribution in [0.4, 0.5) is 0 Å². The molecule has 0 aromatic carbocycles. The van der Waals surface area contributed by atoms with Gasteiger partial charge in [0, 0.05) is 6.61 Å². The molecule has 2 aliphatic carbocycles. The second-order valence-corrected chi connectivity index (χ2v) is 7.34. The van der Waals surface area contributed by atoms with Crippen molar-refractivity contribution in [3.8, 4) is 0 Å². The molecule has 2 rings (SSSR count). The second-order valence-electron chi connectivity index (χ2n) is 7.34. The van der Waals surface area contributed by atoms with Crippen molar-refractivity contribution in [3.63, 3.8) is 0 Å². The quantitative estimate of drug-likeness (QED) is 0.677. The van der Waals surface area contributed by atoms with Crippen LogP contribution in [0.5, 0.6) is 0 Å². The molecule has 0 fully saturated rings. The van der Waals surface area contributed by atoms with Gasteiger partial charge in [-0.2, -0.15) is 0 Å². The van der Waals surface area contributed by atoms with Crippen LogP contribution in [0.25, 0.3) is 0 Å². The summed E-state index contributed by atoms with van der Waals surface area (Å²) in [4.78, 5) is 0. The Bertz CT molecular complexity index is 401. The number of hydrogen-bond acceptors (Lipinski definition) is 3. The normalized spacial score (nSPS) is 34.0. The highest BCUT2D eigenvalue weighted by atomic mass is 16.3. The largest absolute Gasteiger partial charge is 0.396 e. The summed E-state index contributed by atoms with van der Waals surface area (Å²) in [6, 6.07) is 0. The van der Waals surface area contributed by atoms with Crippen LogP contribution in [0, 0.1) is 23.7 Å². The maximum atomic E-state index is 10.1. The van der Waals surface area contributed by atoms with E-state index >= 15 is 0 Å². The van der Waals surface area contributed by atoms with Gasteiger partial charge in [-0.15, -0.1) is 0 Å². The van der Waals surface area contributed by atoms with Crippen LogP contribution < -0.4 is 0 Å². The minimum absolute atomic E-state index is 0.0211.